The number of nitrogens with zero attached hydrogens (tertiary/aromatic N) is 2. The highest BCUT2D eigenvalue weighted by Gasteiger charge is 2.26. The maximum Gasteiger partial charge on any atom is 0.106 e. The third kappa shape index (κ3) is 2.64. The van der Waals surface area contributed by atoms with E-state index in [1.165, 1.54) is 25.7 Å². The van der Waals surface area contributed by atoms with Crippen molar-refractivity contribution in [3.8, 4) is 0 Å². The van der Waals surface area contributed by atoms with E-state index in [-0.39, 0.29) is 0 Å². The minimum absolute atomic E-state index is 0.447. The lowest BCUT2D eigenvalue weighted by molar-refractivity contribution is 0.321. The zero-order valence-corrected chi connectivity index (χ0v) is 11.9. The van der Waals surface area contributed by atoms with E-state index in [4.69, 9.17) is 18.0 Å². The largest absolute Gasteiger partial charge is 0.389 e. The molecule has 1 saturated carbocycles. The van der Waals surface area contributed by atoms with Crippen LogP contribution in [0.2, 0.25) is 0 Å². The zero-order valence-electron chi connectivity index (χ0n) is 11.1. The smallest absolute Gasteiger partial charge is 0.106 e. The Morgan fingerprint density at radius 2 is 2.17 bits per heavy atom. The molecule has 2 rings (SSSR count). The molecule has 0 radical (unpaired) electrons. The van der Waals surface area contributed by atoms with Crippen molar-refractivity contribution >= 4 is 22.9 Å². The van der Waals surface area contributed by atoms with Crippen molar-refractivity contribution in [1.82, 2.24) is 4.98 Å². The highest BCUT2D eigenvalue weighted by Crippen LogP contribution is 2.31. The molecular formula is C14H21N3S. The van der Waals surface area contributed by atoms with Crippen molar-refractivity contribution in [3.05, 3.63) is 24.0 Å². The molecule has 0 aromatic carbocycles. The van der Waals surface area contributed by atoms with Gasteiger partial charge in [0.15, 0.2) is 0 Å². The molecule has 18 heavy (non-hydrogen) atoms. The van der Waals surface area contributed by atoms with Crippen LogP contribution in [0.25, 0.3) is 0 Å². The van der Waals surface area contributed by atoms with Crippen LogP contribution in [0, 0.1) is 5.92 Å². The molecule has 1 heterocycles. The van der Waals surface area contributed by atoms with Gasteiger partial charge in [-0.1, -0.05) is 32.0 Å². The molecule has 0 spiro atoms. The summed E-state index contributed by atoms with van der Waals surface area (Å²) in [4.78, 5) is 6.97. The first-order valence-corrected chi connectivity index (χ1v) is 6.98. The van der Waals surface area contributed by atoms with Gasteiger partial charge in [-0.05, 0) is 24.8 Å². The third-order valence-electron chi connectivity index (χ3n) is 4.01. The van der Waals surface area contributed by atoms with E-state index in [0.717, 1.165) is 11.3 Å². The quantitative estimate of drug-likeness (QED) is 0.852. The van der Waals surface area contributed by atoms with Gasteiger partial charge in [0, 0.05) is 24.8 Å². The SMILES string of the molecule is CC1CCCCC1N(C)c1cnccc1C(N)=S. The monoisotopic (exact) mass is 263 g/mol. The molecule has 0 aliphatic heterocycles. The predicted molar refractivity (Wildman–Crippen MR) is 79.9 cm³/mol. The summed E-state index contributed by atoms with van der Waals surface area (Å²) in [6, 6.07) is 2.47. The minimum Gasteiger partial charge on any atom is -0.389 e. The summed E-state index contributed by atoms with van der Waals surface area (Å²) >= 11 is 5.12. The first-order valence-electron chi connectivity index (χ1n) is 6.58. The molecule has 4 heteroatoms. The first kappa shape index (κ1) is 13.3. The van der Waals surface area contributed by atoms with Crippen LogP contribution < -0.4 is 10.6 Å². The highest BCUT2D eigenvalue weighted by atomic mass is 32.1. The normalized spacial score (nSPS) is 23.7. The third-order valence-corrected chi connectivity index (χ3v) is 4.23. The maximum absolute atomic E-state index is 5.79. The van der Waals surface area contributed by atoms with E-state index in [1.807, 2.05) is 12.3 Å². The second kappa shape index (κ2) is 5.65. The van der Waals surface area contributed by atoms with Gasteiger partial charge in [-0.2, -0.15) is 0 Å². The Labute approximate surface area is 114 Å². The molecule has 0 amide bonds. The number of thiocarbonyl (C=S) groups is 1. The molecule has 2 atom stereocenters. The number of hydrogen-bond acceptors (Lipinski definition) is 3. The molecule has 0 bridgehead atoms. The van der Waals surface area contributed by atoms with Crippen molar-refractivity contribution in [2.24, 2.45) is 11.7 Å². The topological polar surface area (TPSA) is 42.2 Å². The number of anilines is 1. The Bertz CT molecular complexity index is 433. The second-order valence-electron chi connectivity index (χ2n) is 5.20. The van der Waals surface area contributed by atoms with Crippen LogP contribution in [-0.2, 0) is 0 Å². The highest BCUT2D eigenvalue weighted by molar-refractivity contribution is 7.80. The zero-order chi connectivity index (χ0) is 13.1. The minimum atomic E-state index is 0.447. The van der Waals surface area contributed by atoms with Gasteiger partial charge in [-0.15, -0.1) is 0 Å². The van der Waals surface area contributed by atoms with Gasteiger partial charge in [0.25, 0.3) is 0 Å². The van der Waals surface area contributed by atoms with E-state index in [1.54, 1.807) is 6.20 Å². The van der Waals surface area contributed by atoms with Crippen LogP contribution in [-0.4, -0.2) is 23.1 Å². The molecule has 1 aliphatic rings. The fourth-order valence-electron chi connectivity index (χ4n) is 2.93. The molecule has 2 N–H and O–H groups in total. The van der Waals surface area contributed by atoms with Crippen LogP contribution in [0.1, 0.15) is 38.2 Å². The number of rotatable bonds is 3. The fraction of sp³-hybridized carbons (Fsp3) is 0.571. The summed E-state index contributed by atoms with van der Waals surface area (Å²) in [7, 11) is 2.13. The Hall–Kier alpha value is -1.16. The van der Waals surface area contributed by atoms with Crippen LogP contribution in [0.15, 0.2) is 18.5 Å². The maximum atomic E-state index is 5.79. The Kier molecular flexibility index (Phi) is 4.17. The average molecular weight is 263 g/mol. The molecule has 0 saturated heterocycles. The van der Waals surface area contributed by atoms with Gasteiger partial charge in [0.05, 0.1) is 11.9 Å². The Morgan fingerprint density at radius 3 is 2.83 bits per heavy atom. The van der Waals surface area contributed by atoms with Crippen LogP contribution in [0.4, 0.5) is 5.69 Å². The summed E-state index contributed by atoms with van der Waals surface area (Å²) in [5.74, 6) is 0.711. The van der Waals surface area contributed by atoms with Crippen molar-refractivity contribution < 1.29 is 0 Å². The van der Waals surface area contributed by atoms with Gasteiger partial charge >= 0.3 is 0 Å². The van der Waals surface area contributed by atoms with E-state index >= 15 is 0 Å². The van der Waals surface area contributed by atoms with Gasteiger partial charge in [-0.3, -0.25) is 4.98 Å². The Morgan fingerprint density at radius 1 is 1.44 bits per heavy atom. The van der Waals surface area contributed by atoms with Crippen molar-refractivity contribution in [2.45, 2.75) is 38.6 Å². The molecule has 1 aliphatic carbocycles. The van der Waals surface area contributed by atoms with Crippen LogP contribution in [0.3, 0.4) is 0 Å². The van der Waals surface area contributed by atoms with Crippen molar-refractivity contribution in [3.63, 3.8) is 0 Å². The fourth-order valence-corrected chi connectivity index (χ4v) is 3.10. The Balaban J connectivity index is 2.27. The number of hydrogen-bond donors (Lipinski definition) is 1. The van der Waals surface area contributed by atoms with Gasteiger partial charge < -0.3 is 10.6 Å². The van der Waals surface area contributed by atoms with E-state index in [9.17, 15) is 0 Å². The lowest BCUT2D eigenvalue weighted by Gasteiger charge is -2.38. The molecule has 2 unspecified atom stereocenters. The van der Waals surface area contributed by atoms with Gasteiger partial charge in [0.1, 0.15) is 4.99 Å². The van der Waals surface area contributed by atoms with Gasteiger partial charge in [0.2, 0.25) is 0 Å². The number of pyridine rings is 1. The van der Waals surface area contributed by atoms with Gasteiger partial charge in [-0.25, -0.2) is 0 Å². The molecule has 1 fully saturated rings. The molecule has 1 aromatic heterocycles. The standard InChI is InChI=1S/C14H21N3S/c1-10-5-3-4-6-12(10)17(2)13-9-16-8-7-11(13)14(15)18/h7-10,12H,3-6H2,1-2H3,(H2,15,18). The summed E-state index contributed by atoms with van der Waals surface area (Å²) in [5.41, 5.74) is 7.78. The van der Waals surface area contributed by atoms with E-state index < -0.39 is 0 Å². The number of aromatic nitrogens is 1. The second-order valence-corrected chi connectivity index (χ2v) is 5.64. The summed E-state index contributed by atoms with van der Waals surface area (Å²) in [5, 5.41) is 0. The lowest BCUT2D eigenvalue weighted by atomic mass is 9.85. The average Bonchev–Trinajstić information content (AvgIpc) is 2.38. The number of nitrogens with two attached hydrogens (primary N) is 1. The van der Waals surface area contributed by atoms with E-state index in [2.05, 4.69) is 23.9 Å². The molecule has 1 aromatic rings. The van der Waals surface area contributed by atoms with Crippen molar-refractivity contribution in [1.29, 1.82) is 0 Å². The van der Waals surface area contributed by atoms with Crippen LogP contribution >= 0.6 is 12.2 Å². The lowest BCUT2D eigenvalue weighted by Crippen LogP contribution is -2.40. The molecule has 3 nitrogen and oxygen atoms in total. The first-order chi connectivity index (χ1) is 8.61. The van der Waals surface area contributed by atoms with Crippen molar-refractivity contribution in [2.75, 3.05) is 11.9 Å². The van der Waals surface area contributed by atoms with Crippen LogP contribution in [0.5, 0.6) is 0 Å². The summed E-state index contributed by atoms with van der Waals surface area (Å²) in [6.45, 7) is 2.33. The molecule has 98 valence electrons. The summed E-state index contributed by atoms with van der Waals surface area (Å²) < 4.78 is 0. The molecular weight excluding hydrogens is 242 g/mol. The van der Waals surface area contributed by atoms with E-state index in [0.29, 0.717) is 16.9 Å². The summed E-state index contributed by atoms with van der Waals surface area (Å²) in [6.07, 6.45) is 8.82. The predicted octanol–water partition coefficient (Wildman–Crippen LogP) is 2.73.